The molecule has 2 N–H and O–H groups in total. The maximum atomic E-state index is 14.2. The van der Waals surface area contributed by atoms with Gasteiger partial charge in [0.2, 0.25) is 10.0 Å². The second-order valence-corrected chi connectivity index (χ2v) is 9.62. The van der Waals surface area contributed by atoms with E-state index in [0.717, 1.165) is 4.57 Å². The number of hydrogen-bond acceptors (Lipinski definition) is 7. The summed E-state index contributed by atoms with van der Waals surface area (Å²) in [5, 5.41) is 0. The maximum absolute atomic E-state index is 14.2. The summed E-state index contributed by atoms with van der Waals surface area (Å²) in [6.07, 6.45) is 2.70. The molecule has 0 radical (unpaired) electrons. The number of halogens is 1. The molecule has 1 fully saturated rings. The van der Waals surface area contributed by atoms with Crippen LogP contribution in [0.1, 0.15) is 37.8 Å². The van der Waals surface area contributed by atoms with Gasteiger partial charge in [0.05, 0.1) is 19.0 Å². The number of sulfonamides is 1. The maximum Gasteiger partial charge on any atom is 0.330 e. The van der Waals surface area contributed by atoms with E-state index in [2.05, 4.69) is 9.71 Å². The fraction of sp³-hybridized carbons (Fsp3) is 0.524. The van der Waals surface area contributed by atoms with Crippen LogP contribution in [0.5, 0.6) is 5.75 Å². The van der Waals surface area contributed by atoms with Crippen molar-refractivity contribution in [3.8, 4) is 5.75 Å². The van der Waals surface area contributed by atoms with E-state index < -0.39 is 33.1 Å². The van der Waals surface area contributed by atoms with Crippen LogP contribution in [-0.2, 0) is 26.2 Å². The van der Waals surface area contributed by atoms with E-state index in [4.69, 9.17) is 14.2 Å². The Morgan fingerprint density at radius 2 is 2.03 bits per heavy atom. The molecular weight excluding hydrogens is 457 g/mol. The van der Waals surface area contributed by atoms with E-state index in [1.165, 1.54) is 30.5 Å². The Balaban J connectivity index is 1.48. The van der Waals surface area contributed by atoms with E-state index in [9.17, 15) is 22.4 Å². The van der Waals surface area contributed by atoms with E-state index >= 15 is 0 Å². The van der Waals surface area contributed by atoms with Gasteiger partial charge in [0.25, 0.3) is 5.56 Å². The number of aromatic nitrogens is 2. The monoisotopic (exact) mass is 485 g/mol. The molecule has 0 spiro atoms. The minimum Gasteiger partial charge on any atom is -0.487 e. The second kappa shape index (κ2) is 11.5. The molecule has 1 aromatic carbocycles. The molecule has 0 aliphatic carbocycles. The van der Waals surface area contributed by atoms with Gasteiger partial charge in [-0.2, -0.15) is 0 Å². The van der Waals surface area contributed by atoms with Crippen molar-refractivity contribution < 1.29 is 27.0 Å². The molecule has 0 saturated carbocycles. The summed E-state index contributed by atoms with van der Waals surface area (Å²) in [6, 6.07) is 4.90. The number of ether oxygens (including phenoxy) is 3. The molecule has 182 valence electrons. The number of nitrogens with zero attached hydrogens (tertiary/aromatic N) is 1. The van der Waals surface area contributed by atoms with Crippen LogP contribution in [0.3, 0.4) is 0 Å². The molecule has 3 rings (SSSR count). The van der Waals surface area contributed by atoms with Crippen molar-refractivity contribution >= 4 is 10.0 Å². The van der Waals surface area contributed by atoms with Gasteiger partial charge in [0.1, 0.15) is 12.8 Å². The van der Waals surface area contributed by atoms with E-state index in [1.807, 2.05) is 0 Å². The minimum atomic E-state index is -3.64. The predicted octanol–water partition coefficient (Wildman–Crippen LogP) is 1.28. The van der Waals surface area contributed by atoms with Crippen LogP contribution in [0.15, 0.2) is 40.1 Å². The predicted molar refractivity (Wildman–Crippen MR) is 118 cm³/mol. The fourth-order valence-corrected chi connectivity index (χ4v) is 4.60. The molecule has 10 nitrogen and oxygen atoms in total. The number of aromatic amines is 1. The average molecular weight is 486 g/mol. The summed E-state index contributed by atoms with van der Waals surface area (Å²) >= 11 is 0. The third-order valence-electron chi connectivity index (χ3n) is 5.10. The van der Waals surface area contributed by atoms with Crippen LogP contribution in [-0.4, -0.2) is 49.6 Å². The first-order valence-corrected chi connectivity index (χ1v) is 12.3. The van der Waals surface area contributed by atoms with Gasteiger partial charge in [-0.1, -0.05) is 6.07 Å². The standard InChI is InChI=1S/C21H28FN3O7S/c1-15(16-3-4-18(22)19(13-16)32-17-6-10-30-11-7-17)24-33(28,29)12-2-9-31-14-25-8-5-20(26)23-21(25)27/h3-5,8,13,15,17,24H,2,6-7,9-12,14H2,1H3,(H,23,26,27). The molecule has 1 atom stereocenters. The third kappa shape index (κ3) is 7.77. The van der Waals surface area contributed by atoms with Gasteiger partial charge in [0, 0.05) is 37.8 Å². The highest BCUT2D eigenvalue weighted by atomic mass is 32.2. The van der Waals surface area contributed by atoms with E-state index in [0.29, 0.717) is 31.6 Å². The first-order chi connectivity index (χ1) is 15.7. The topological polar surface area (TPSA) is 129 Å². The Bertz CT molecular complexity index is 1140. The Morgan fingerprint density at radius 1 is 1.27 bits per heavy atom. The molecule has 33 heavy (non-hydrogen) atoms. The van der Waals surface area contributed by atoms with E-state index in [1.54, 1.807) is 6.92 Å². The highest BCUT2D eigenvalue weighted by Gasteiger charge is 2.20. The van der Waals surface area contributed by atoms with Crippen molar-refractivity contribution in [1.82, 2.24) is 14.3 Å². The Kier molecular flexibility index (Phi) is 8.78. The van der Waals surface area contributed by atoms with Crippen LogP contribution in [0.4, 0.5) is 4.39 Å². The number of nitrogens with one attached hydrogen (secondary N) is 2. The second-order valence-electron chi connectivity index (χ2n) is 7.75. The zero-order valence-corrected chi connectivity index (χ0v) is 19.1. The van der Waals surface area contributed by atoms with Gasteiger partial charge < -0.3 is 14.2 Å². The van der Waals surface area contributed by atoms with Gasteiger partial charge in [-0.15, -0.1) is 0 Å². The van der Waals surface area contributed by atoms with Crippen LogP contribution < -0.4 is 20.7 Å². The zero-order chi connectivity index (χ0) is 23.8. The number of hydrogen-bond donors (Lipinski definition) is 2. The van der Waals surface area contributed by atoms with Crippen molar-refractivity contribution in [2.45, 2.75) is 45.1 Å². The lowest BCUT2D eigenvalue weighted by Gasteiger charge is -2.24. The summed E-state index contributed by atoms with van der Waals surface area (Å²) in [4.78, 5) is 24.7. The highest BCUT2D eigenvalue weighted by Crippen LogP contribution is 2.26. The molecule has 2 heterocycles. The van der Waals surface area contributed by atoms with Crippen molar-refractivity contribution in [2.24, 2.45) is 0 Å². The Labute approximate surface area is 190 Å². The smallest absolute Gasteiger partial charge is 0.330 e. The molecule has 1 saturated heterocycles. The van der Waals surface area contributed by atoms with Crippen molar-refractivity contribution in [3.05, 3.63) is 62.7 Å². The molecule has 1 aromatic heterocycles. The first kappa shape index (κ1) is 25.1. The lowest BCUT2D eigenvalue weighted by Crippen LogP contribution is -2.30. The van der Waals surface area contributed by atoms with Crippen LogP contribution >= 0.6 is 0 Å². The fourth-order valence-electron chi connectivity index (χ4n) is 3.31. The molecular formula is C21H28FN3O7S. The van der Waals surface area contributed by atoms with Crippen LogP contribution in [0.25, 0.3) is 0 Å². The van der Waals surface area contributed by atoms with E-state index in [-0.39, 0.29) is 37.4 Å². The number of H-pyrrole nitrogens is 1. The van der Waals surface area contributed by atoms with Gasteiger partial charge in [-0.05, 0) is 31.0 Å². The molecule has 1 aliphatic rings. The van der Waals surface area contributed by atoms with Crippen molar-refractivity contribution in [2.75, 3.05) is 25.6 Å². The lowest BCUT2D eigenvalue weighted by atomic mass is 10.1. The molecule has 1 aliphatic heterocycles. The average Bonchev–Trinajstić information content (AvgIpc) is 2.76. The first-order valence-electron chi connectivity index (χ1n) is 10.6. The summed E-state index contributed by atoms with van der Waals surface area (Å²) in [5.41, 5.74) is -0.535. The van der Waals surface area contributed by atoms with Gasteiger partial charge >= 0.3 is 5.69 Å². The lowest BCUT2D eigenvalue weighted by molar-refractivity contribution is 0.0240. The van der Waals surface area contributed by atoms with Gasteiger partial charge in [0.15, 0.2) is 11.6 Å². The Morgan fingerprint density at radius 3 is 2.76 bits per heavy atom. The summed E-state index contributed by atoms with van der Waals surface area (Å²) < 4.78 is 59.1. The molecule has 0 bridgehead atoms. The van der Waals surface area contributed by atoms with Gasteiger partial charge in [-0.3, -0.25) is 14.3 Å². The highest BCUT2D eigenvalue weighted by molar-refractivity contribution is 7.89. The molecule has 12 heteroatoms. The van der Waals surface area contributed by atoms with Crippen molar-refractivity contribution in [3.63, 3.8) is 0 Å². The van der Waals surface area contributed by atoms with Crippen LogP contribution in [0, 0.1) is 5.82 Å². The summed E-state index contributed by atoms with van der Waals surface area (Å²) in [6.45, 7) is 2.79. The Hall–Kier alpha value is -2.54. The SMILES string of the molecule is CC(NS(=O)(=O)CCCOCn1ccc(=O)[nH]c1=O)c1ccc(F)c(OC2CCOCC2)c1. The van der Waals surface area contributed by atoms with Crippen LogP contribution in [0.2, 0.25) is 0 Å². The van der Waals surface area contributed by atoms with Gasteiger partial charge in [-0.25, -0.2) is 22.3 Å². The minimum absolute atomic E-state index is 0.0938. The molecule has 2 aromatic rings. The summed E-state index contributed by atoms with van der Waals surface area (Å²) in [7, 11) is -3.64. The largest absolute Gasteiger partial charge is 0.487 e. The molecule has 0 amide bonds. The number of rotatable bonds is 11. The third-order valence-corrected chi connectivity index (χ3v) is 6.64. The number of benzene rings is 1. The quantitative estimate of drug-likeness (QED) is 0.459. The normalized spacial score (nSPS) is 15.9. The molecule has 1 unspecified atom stereocenters. The van der Waals surface area contributed by atoms with Crippen molar-refractivity contribution in [1.29, 1.82) is 0 Å². The summed E-state index contributed by atoms with van der Waals surface area (Å²) in [5.74, 6) is -0.597. The zero-order valence-electron chi connectivity index (χ0n) is 18.3.